The molecule has 21 heavy (non-hydrogen) atoms. The van der Waals surface area contributed by atoms with Crippen LogP contribution in [0.1, 0.15) is 38.2 Å². The largest absolute Gasteiger partial charge is 0.399 e. The van der Waals surface area contributed by atoms with Crippen LogP contribution in [0.15, 0.2) is 24.3 Å². The van der Waals surface area contributed by atoms with E-state index in [1.54, 1.807) is 0 Å². The van der Waals surface area contributed by atoms with E-state index in [2.05, 4.69) is 5.32 Å². The molecule has 0 spiro atoms. The van der Waals surface area contributed by atoms with Crippen LogP contribution in [0.5, 0.6) is 0 Å². The van der Waals surface area contributed by atoms with Crippen molar-refractivity contribution in [3.05, 3.63) is 29.8 Å². The number of carbonyl (C=O) groups is 1. The van der Waals surface area contributed by atoms with Crippen LogP contribution in [0.3, 0.4) is 0 Å². The molecule has 1 aliphatic rings. The number of hydrogen-bond donors (Lipinski definition) is 2. The normalized spacial score (nSPS) is 16.2. The fraction of sp³-hybridized carbons (Fsp3) is 0.588. The average molecular weight is 290 g/mol. The third kappa shape index (κ3) is 4.74. The van der Waals surface area contributed by atoms with Crippen molar-refractivity contribution in [1.82, 2.24) is 5.32 Å². The van der Waals surface area contributed by atoms with Gasteiger partial charge in [0.2, 0.25) is 5.91 Å². The van der Waals surface area contributed by atoms with Gasteiger partial charge >= 0.3 is 0 Å². The maximum atomic E-state index is 12.0. The molecule has 116 valence electrons. The lowest BCUT2D eigenvalue weighted by molar-refractivity contribution is -0.121. The Kier molecular flexibility index (Phi) is 5.62. The predicted octanol–water partition coefficient (Wildman–Crippen LogP) is 2.52. The van der Waals surface area contributed by atoms with Crippen LogP contribution in [0.4, 0.5) is 5.69 Å². The van der Waals surface area contributed by atoms with Crippen LogP contribution in [0.25, 0.3) is 0 Å². The summed E-state index contributed by atoms with van der Waals surface area (Å²) >= 11 is 0. The van der Waals surface area contributed by atoms with Crippen molar-refractivity contribution in [2.24, 2.45) is 5.41 Å². The first-order valence-electron chi connectivity index (χ1n) is 7.82. The maximum absolute atomic E-state index is 12.0. The highest BCUT2D eigenvalue weighted by atomic mass is 16.5. The minimum atomic E-state index is 0.0856. The molecule has 1 amide bonds. The Bertz CT molecular complexity index is 452. The molecule has 0 aromatic heterocycles. The van der Waals surface area contributed by atoms with Crippen molar-refractivity contribution in [3.8, 4) is 0 Å². The molecule has 0 heterocycles. The van der Waals surface area contributed by atoms with Gasteiger partial charge in [0.15, 0.2) is 0 Å². The maximum Gasteiger partial charge on any atom is 0.224 e. The number of nitrogen functional groups attached to an aromatic ring is 1. The van der Waals surface area contributed by atoms with E-state index < -0.39 is 0 Å². The van der Waals surface area contributed by atoms with E-state index in [1.165, 1.54) is 19.3 Å². The highest BCUT2D eigenvalue weighted by molar-refractivity contribution is 5.78. The monoisotopic (exact) mass is 290 g/mol. The SMILES string of the molecule is CCOCCC1(CNC(=O)Cc2ccc(N)cc2)CCC1. The smallest absolute Gasteiger partial charge is 0.224 e. The predicted molar refractivity (Wildman–Crippen MR) is 85.0 cm³/mol. The molecule has 0 radical (unpaired) electrons. The summed E-state index contributed by atoms with van der Waals surface area (Å²) in [6, 6.07) is 7.47. The van der Waals surface area contributed by atoms with Gasteiger partial charge in [0.05, 0.1) is 6.42 Å². The molecule has 1 aromatic rings. The summed E-state index contributed by atoms with van der Waals surface area (Å²) in [5.74, 6) is 0.0856. The Balaban J connectivity index is 1.75. The summed E-state index contributed by atoms with van der Waals surface area (Å²) in [7, 11) is 0. The second-order valence-electron chi connectivity index (χ2n) is 6.00. The molecule has 1 fully saturated rings. The van der Waals surface area contributed by atoms with Crippen molar-refractivity contribution in [2.75, 3.05) is 25.5 Å². The van der Waals surface area contributed by atoms with Crippen LogP contribution < -0.4 is 11.1 Å². The molecule has 2 rings (SSSR count). The molecule has 1 aliphatic carbocycles. The van der Waals surface area contributed by atoms with Gasteiger partial charge in [0.25, 0.3) is 0 Å². The van der Waals surface area contributed by atoms with E-state index in [4.69, 9.17) is 10.5 Å². The van der Waals surface area contributed by atoms with Gasteiger partial charge in [-0.3, -0.25) is 4.79 Å². The average Bonchev–Trinajstić information content (AvgIpc) is 2.43. The number of carbonyl (C=O) groups excluding carboxylic acids is 1. The molecule has 0 aliphatic heterocycles. The molecule has 0 unspecified atom stereocenters. The first-order chi connectivity index (χ1) is 10.1. The Morgan fingerprint density at radius 3 is 2.62 bits per heavy atom. The van der Waals surface area contributed by atoms with E-state index in [9.17, 15) is 4.79 Å². The van der Waals surface area contributed by atoms with Gasteiger partial charge in [-0.05, 0) is 49.3 Å². The number of ether oxygens (including phenoxy) is 1. The topological polar surface area (TPSA) is 64.3 Å². The first-order valence-corrected chi connectivity index (χ1v) is 7.82. The zero-order chi connectivity index (χ0) is 15.1. The first kappa shape index (κ1) is 15.8. The highest BCUT2D eigenvalue weighted by Gasteiger charge is 2.36. The molecule has 0 atom stereocenters. The van der Waals surface area contributed by atoms with Gasteiger partial charge in [-0.15, -0.1) is 0 Å². The minimum Gasteiger partial charge on any atom is -0.399 e. The van der Waals surface area contributed by atoms with Crippen LogP contribution in [0, 0.1) is 5.41 Å². The summed E-state index contributed by atoms with van der Waals surface area (Å²) < 4.78 is 5.45. The summed E-state index contributed by atoms with van der Waals surface area (Å²) in [6.07, 6.45) is 5.12. The van der Waals surface area contributed by atoms with E-state index in [1.807, 2.05) is 31.2 Å². The number of rotatable bonds is 8. The van der Waals surface area contributed by atoms with E-state index in [0.29, 0.717) is 6.42 Å². The zero-order valence-electron chi connectivity index (χ0n) is 12.9. The lowest BCUT2D eigenvalue weighted by Gasteiger charge is -2.42. The third-order valence-electron chi connectivity index (χ3n) is 4.40. The summed E-state index contributed by atoms with van der Waals surface area (Å²) in [4.78, 5) is 12.0. The minimum absolute atomic E-state index is 0.0856. The van der Waals surface area contributed by atoms with Gasteiger partial charge in [0, 0.05) is 25.4 Å². The third-order valence-corrected chi connectivity index (χ3v) is 4.40. The second-order valence-corrected chi connectivity index (χ2v) is 6.00. The van der Waals surface area contributed by atoms with Gasteiger partial charge in [-0.25, -0.2) is 0 Å². The fourth-order valence-corrected chi connectivity index (χ4v) is 2.79. The summed E-state index contributed by atoms with van der Waals surface area (Å²) in [5.41, 5.74) is 7.64. The Morgan fingerprint density at radius 1 is 1.33 bits per heavy atom. The van der Waals surface area contributed by atoms with Gasteiger partial charge < -0.3 is 15.8 Å². The molecule has 1 saturated carbocycles. The van der Waals surface area contributed by atoms with Crippen molar-refractivity contribution in [3.63, 3.8) is 0 Å². The highest BCUT2D eigenvalue weighted by Crippen LogP contribution is 2.43. The molecule has 0 saturated heterocycles. The second kappa shape index (κ2) is 7.46. The van der Waals surface area contributed by atoms with E-state index >= 15 is 0 Å². The number of benzene rings is 1. The molecular weight excluding hydrogens is 264 g/mol. The van der Waals surface area contributed by atoms with Gasteiger partial charge in [0.1, 0.15) is 0 Å². The van der Waals surface area contributed by atoms with Crippen LogP contribution in [0.2, 0.25) is 0 Å². The van der Waals surface area contributed by atoms with Crippen molar-refractivity contribution in [2.45, 2.75) is 39.0 Å². The molecule has 0 bridgehead atoms. The van der Waals surface area contributed by atoms with E-state index in [-0.39, 0.29) is 11.3 Å². The number of amides is 1. The fourth-order valence-electron chi connectivity index (χ4n) is 2.79. The number of hydrogen-bond acceptors (Lipinski definition) is 3. The van der Waals surface area contributed by atoms with Crippen molar-refractivity contribution < 1.29 is 9.53 Å². The quantitative estimate of drug-likeness (QED) is 0.571. The Hall–Kier alpha value is -1.55. The van der Waals surface area contributed by atoms with Crippen LogP contribution in [-0.4, -0.2) is 25.7 Å². The van der Waals surface area contributed by atoms with Gasteiger partial charge in [-0.1, -0.05) is 18.6 Å². The molecule has 4 nitrogen and oxygen atoms in total. The number of anilines is 1. The van der Waals surface area contributed by atoms with Crippen molar-refractivity contribution in [1.29, 1.82) is 0 Å². The standard InChI is InChI=1S/C17H26N2O2/c1-2-21-11-10-17(8-3-9-17)13-19-16(20)12-14-4-6-15(18)7-5-14/h4-7H,2-3,8-13,18H2,1H3,(H,19,20). The Labute approximate surface area is 127 Å². The Morgan fingerprint density at radius 2 is 2.05 bits per heavy atom. The number of nitrogens with one attached hydrogen (secondary N) is 1. The lowest BCUT2D eigenvalue weighted by Crippen LogP contribution is -2.43. The summed E-state index contributed by atoms with van der Waals surface area (Å²) in [6.45, 7) is 4.35. The summed E-state index contributed by atoms with van der Waals surface area (Å²) in [5, 5.41) is 3.09. The molecule has 1 aromatic carbocycles. The van der Waals surface area contributed by atoms with Crippen LogP contribution >= 0.6 is 0 Å². The van der Waals surface area contributed by atoms with Crippen LogP contribution in [-0.2, 0) is 16.0 Å². The van der Waals surface area contributed by atoms with Gasteiger partial charge in [-0.2, -0.15) is 0 Å². The van der Waals surface area contributed by atoms with E-state index in [0.717, 1.165) is 37.4 Å². The zero-order valence-corrected chi connectivity index (χ0v) is 12.9. The molecule has 3 N–H and O–H groups in total. The lowest BCUT2D eigenvalue weighted by atomic mass is 9.66. The van der Waals surface area contributed by atoms with Crippen molar-refractivity contribution >= 4 is 11.6 Å². The molecule has 4 heteroatoms. The molecular formula is C17H26N2O2. The number of nitrogens with two attached hydrogens (primary N) is 1.